The fourth-order valence-corrected chi connectivity index (χ4v) is 2.92. The van der Waals surface area contributed by atoms with Gasteiger partial charge in [-0.25, -0.2) is 4.79 Å². The van der Waals surface area contributed by atoms with Gasteiger partial charge in [0.05, 0.1) is 23.8 Å². The number of ether oxygens (including phenoxy) is 1. The van der Waals surface area contributed by atoms with Crippen LogP contribution in [-0.4, -0.2) is 49.8 Å². The molecule has 6 nitrogen and oxygen atoms in total. The van der Waals surface area contributed by atoms with Crippen molar-refractivity contribution in [3.63, 3.8) is 0 Å². The van der Waals surface area contributed by atoms with Gasteiger partial charge < -0.3 is 15.4 Å². The highest BCUT2D eigenvalue weighted by Crippen LogP contribution is 2.26. The molecule has 0 bridgehead atoms. The van der Waals surface area contributed by atoms with Gasteiger partial charge in [0.2, 0.25) is 0 Å². The number of carbonyl (C=O) groups is 1. The van der Waals surface area contributed by atoms with Crippen molar-refractivity contribution in [1.29, 1.82) is 5.26 Å². The van der Waals surface area contributed by atoms with E-state index in [-0.39, 0.29) is 24.2 Å². The Kier molecular flexibility index (Phi) is 5.97. The largest absolute Gasteiger partial charge is 0.378 e. The smallest absolute Gasteiger partial charge is 0.315 e. The Bertz CT molecular complexity index is 567. The molecule has 1 fully saturated rings. The summed E-state index contributed by atoms with van der Waals surface area (Å²) in [6, 6.07) is 9.76. The molecule has 2 amide bonds. The maximum Gasteiger partial charge on any atom is 0.315 e. The highest BCUT2D eigenvalue weighted by Gasteiger charge is 2.36. The minimum atomic E-state index is -0.160. The van der Waals surface area contributed by atoms with Gasteiger partial charge in [-0.2, -0.15) is 5.26 Å². The second kappa shape index (κ2) is 7.95. The van der Waals surface area contributed by atoms with Gasteiger partial charge in [0.1, 0.15) is 0 Å². The minimum absolute atomic E-state index is 0.0292. The first-order valence-electron chi connectivity index (χ1n) is 7.90. The predicted octanol–water partition coefficient (Wildman–Crippen LogP) is 1.64. The zero-order chi connectivity index (χ0) is 16.8. The Morgan fingerprint density at radius 2 is 2.13 bits per heavy atom. The number of rotatable bonds is 5. The van der Waals surface area contributed by atoms with Gasteiger partial charge in [0.25, 0.3) is 0 Å². The van der Waals surface area contributed by atoms with Crippen molar-refractivity contribution in [2.45, 2.75) is 32.0 Å². The monoisotopic (exact) mass is 316 g/mol. The second-order valence-corrected chi connectivity index (χ2v) is 5.75. The highest BCUT2D eigenvalue weighted by molar-refractivity contribution is 5.74. The van der Waals surface area contributed by atoms with Gasteiger partial charge in [0, 0.05) is 32.8 Å². The average molecular weight is 316 g/mol. The fourth-order valence-electron chi connectivity index (χ4n) is 2.92. The van der Waals surface area contributed by atoms with Crippen LogP contribution in [0.5, 0.6) is 0 Å². The maximum absolute atomic E-state index is 11.8. The van der Waals surface area contributed by atoms with Crippen LogP contribution in [0.2, 0.25) is 0 Å². The molecule has 1 heterocycles. The summed E-state index contributed by atoms with van der Waals surface area (Å²) < 4.78 is 5.53. The van der Waals surface area contributed by atoms with E-state index in [2.05, 4.69) is 28.5 Å². The van der Waals surface area contributed by atoms with Crippen LogP contribution in [0.3, 0.4) is 0 Å². The molecule has 0 aromatic heterocycles. The number of carbonyl (C=O) groups excluding carboxylic acids is 1. The first-order chi connectivity index (χ1) is 11.1. The Morgan fingerprint density at radius 3 is 2.70 bits per heavy atom. The number of likely N-dealkylation sites (tertiary alicyclic amines) is 1. The molecule has 1 aliphatic rings. The van der Waals surface area contributed by atoms with E-state index in [9.17, 15) is 4.79 Å². The molecule has 1 aromatic carbocycles. The number of methoxy groups -OCH3 is 1. The zero-order valence-corrected chi connectivity index (χ0v) is 13.9. The predicted molar refractivity (Wildman–Crippen MR) is 87.9 cm³/mol. The summed E-state index contributed by atoms with van der Waals surface area (Å²) in [4.78, 5) is 14.0. The molecule has 0 radical (unpaired) electrons. The van der Waals surface area contributed by atoms with Crippen LogP contribution in [0, 0.1) is 11.3 Å². The first-order valence-corrected chi connectivity index (χ1v) is 7.90. The Hall–Kier alpha value is -2.10. The van der Waals surface area contributed by atoms with E-state index in [4.69, 9.17) is 10.00 Å². The molecule has 1 aromatic rings. The molecule has 0 aliphatic carbocycles. The second-order valence-electron chi connectivity index (χ2n) is 5.75. The summed E-state index contributed by atoms with van der Waals surface area (Å²) in [7, 11) is 1.67. The molecule has 2 rings (SSSR count). The number of hydrogen-bond donors (Lipinski definition) is 2. The van der Waals surface area contributed by atoms with Crippen molar-refractivity contribution in [2.24, 2.45) is 0 Å². The molecule has 6 heteroatoms. The van der Waals surface area contributed by atoms with E-state index in [0.29, 0.717) is 12.1 Å². The lowest BCUT2D eigenvalue weighted by atomic mass is 10.1. The quantitative estimate of drug-likeness (QED) is 0.866. The van der Waals surface area contributed by atoms with Gasteiger partial charge in [-0.15, -0.1) is 0 Å². The number of nitrogens with zero attached hydrogens (tertiary/aromatic N) is 2. The van der Waals surface area contributed by atoms with Crippen molar-refractivity contribution in [2.75, 3.05) is 26.7 Å². The Balaban J connectivity index is 2.02. The van der Waals surface area contributed by atoms with Crippen LogP contribution in [0.1, 0.15) is 31.0 Å². The van der Waals surface area contributed by atoms with Crippen molar-refractivity contribution in [3.8, 4) is 6.07 Å². The van der Waals surface area contributed by atoms with E-state index in [1.807, 2.05) is 31.2 Å². The highest BCUT2D eigenvalue weighted by atomic mass is 16.5. The normalized spacial score (nSPS) is 22.3. The van der Waals surface area contributed by atoms with Gasteiger partial charge in [-0.3, -0.25) is 4.90 Å². The molecule has 0 saturated carbocycles. The number of benzene rings is 1. The van der Waals surface area contributed by atoms with Gasteiger partial charge in [-0.1, -0.05) is 12.1 Å². The third-order valence-electron chi connectivity index (χ3n) is 4.32. The molecule has 0 spiro atoms. The summed E-state index contributed by atoms with van der Waals surface area (Å²) in [5.41, 5.74) is 1.81. The van der Waals surface area contributed by atoms with E-state index < -0.39 is 0 Å². The molecular weight excluding hydrogens is 292 g/mol. The van der Waals surface area contributed by atoms with E-state index in [1.54, 1.807) is 7.11 Å². The molecule has 23 heavy (non-hydrogen) atoms. The molecule has 3 atom stereocenters. The van der Waals surface area contributed by atoms with Crippen molar-refractivity contribution in [3.05, 3.63) is 35.4 Å². The summed E-state index contributed by atoms with van der Waals surface area (Å²) in [5.74, 6) is 0. The van der Waals surface area contributed by atoms with Crippen molar-refractivity contribution in [1.82, 2.24) is 15.5 Å². The number of hydrogen-bond acceptors (Lipinski definition) is 4. The maximum atomic E-state index is 11.8. The van der Waals surface area contributed by atoms with Crippen molar-refractivity contribution >= 4 is 6.03 Å². The zero-order valence-electron chi connectivity index (χ0n) is 13.9. The van der Waals surface area contributed by atoms with Crippen LogP contribution in [0.25, 0.3) is 0 Å². The van der Waals surface area contributed by atoms with Gasteiger partial charge in [-0.05, 0) is 31.5 Å². The van der Waals surface area contributed by atoms with Gasteiger partial charge in [0.15, 0.2) is 0 Å². The van der Waals surface area contributed by atoms with Gasteiger partial charge >= 0.3 is 6.03 Å². The fraction of sp³-hybridized carbons (Fsp3) is 0.529. The van der Waals surface area contributed by atoms with Crippen LogP contribution < -0.4 is 10.6 Å². The molecule has 2 N–H and O–H groups in total. The standard InChI is InChI=1S/C17H24N4O2/c1-4-19-17(22)20-15-10-21(11-16(15)23-3)12(2)14-7-5-13(9-18)6-8-14/h5-8,12,15-16H,4,10-11H2,1-3H3,(H2,19,20,22)/t12-,15+,16-/m0/s1. The molecule has 1 saturated heterocycles. The van der Waals surface area contributed by atoms with E-state index >= 15 is 0 Å². The molecular formula is C17H24N4O2. The first kappa shape index (κ1) is 17.3. The topological polar surface area (TPSA) is 77.4 Å². The lowest BCUT2D eigenvalue weighted by Crippen LogP contribution is -2.48. The number of nitriles is 1. The Labute approximate surface area is 137 Å². The summed E-state index contributed by atoms with van der Waals surface area (Å²) >= 11 is 0. The third kappa shape index (κ3) is 4.21. The van der Waals surface area contributed by atoms with E-state index in [0.717, 1.165) is 18.7 Å². The average Bonchev–Trinajstić information content (AvgIpc) is 2.97. The number of urea groups is 1. The van der Waals surface area contributed by atoms with Crippen LogP contribution in [0.4, 0.5) is 4.79 Å². The molecule has 1 aliphatic heterocycles. The SMILES string of the molecule is CCNC(=O)N[C@@H]1CN([C@@H](C)c2ccc(C#N)cc2)C[C@@H]1OC. The lowest BCUT2D eigenvalue weighted by molar-refractivity contribution is 0.0882. The van der Waals surface area contributed by atoms with Crippen molar-refractivity contribution < 1.29 is 9.53 Å². The van der Waals surface area contributed by atoms with E-state index in [1.165, 1.54) is 0 Å². The van der Waals surface area contributed by atoms with Crippen LogP contribution in [-0.2, 0) is 4.74 Å². The minimum Gasteiger partial charge on any atom is -0.378 e. The lowest BCUT2D eigenvalue weighted by Gasteiger charge is -2.24. The number of amides is 2. The third-order valence-corrected chi connectivity index (χ3v) is 4.32. The Morgan fingerprint density at radius 1 is 1.43 bits per heavy atom. The summed E-state index contributed by atoms with van der Waals surface area (Å²) in [5, 5.41) is 14.6. The summed E-state index contributed by atoms with van der Waals surface area (Å²) in [6.07, 6.45) is -0.0292. The summed E-state index contributed by atoms with van der Waals surface area (Å²) in [6.45, 7) is 6.11. The van der Waals surface area contributed by atoms with Crippen LogP contribution >= 0.6 is 0 Å². The molecule has 0 unspecified atom stereocenters. The molecule has 124 valence electrons. The van der Waals surface area contributed by atoms with Crippen LogP contribution in [0.15, 0.2) is 24.3 Å². The number of nitrogens with one attached hydrogen (secondary N) is 2.